The smallest absolute Gasteiger partial charge is 0.258 e. The number of benzene rings is 2. The first kappa shape index (κ1) is 13.3. The highest BCUT2D eigenvalue weighted by molar-refractivity contribution is 5.91. The van der Waals surface area contributed by atoms with Crippen LogP contribution in [0.2, 0.25) is 0 Å². The SMILES string of the molecule is Cc1cccc(-c2c(C3CC3)c3ccccc3c(=O)n2C)c1. The second kappa shape index (κ2) is 4.84. The second-order valence-corrected chi connectivity index (χ2v) is 6.32. The Morgan fingerprint density at radius 3 is 2.41 bits per heavy atom. The average Bonchev–Trinajstić information content (AvgIpc) is 3.35. The van der Waals surface area contributed by atoms with Gasteiger partial charge in [0, 0.05) is 12.4 Å². The molecule has 1 heterocycles. The monoisotopic (exact) mass is 289 g/mol. The molecule has 0 spiro atoms. The van der Waals surface area contributed by atoms with E-state index in [0.717, 1.165) is 22.0 Å². The highest BCUT2D eigenvalue weighted by atomic mass is 16.1. The zero-order chi connectivity index (χ0) is 15.3. The topological polar surface area (TPSA) is 22.0 Å². The zero-order valence-electron chi connectivity index (χ0n) is 13.0. The minimum absolute atomic E-state index is 0.0940. The Labute approximate surface area is 130 Å². The lowest BCUT2D eigenvalue weighted by atomic mass is 9.95. The highest BCUT2D eigenvalue weighted by Gasteiger charge is 2.30. The summed E-state index contributed by atoms with van der Waals surface area (Å²) in [6, 6.07) is 16.5. The Morgan fingerprint density at radius 1 is 1.00 bits per heavy atom. The molecular formula is C20H19NO. The number of hydrogen-bond donors (Lipinski definition) is 0. The summed E-state index contributed by atoms with van der Waals surface area (Å²) in [4.78, 5) is 12.8. The first-order valence-corrected chi connectivity index (χ1v) is 7.85. The third kappa shape index (κ3) is 1.98. The summed E-state index contributed by atoms with van der Waals surface area (Å²) >= 11 is 0. The summed E-state index contributed by atoms with van der Waals surface area (Å²) < 4.78 is 1.84. The van der Waals surface area contributed by atoms with Crippen LogP contribution in [0.4, 0.5) is 0 Å². The maximum atomic E-state index is 12.8. The van der Waals surface area contributed by atoms with E-state index in [-0.39, 0.29) is 5.56 Å². The van der Waals surface area contributed by atoms with Crippen LogP contribution in [0.25, 0.3) is 22.0 Å². The molecule has 1 aliphatic rings. The molecule has 4 rings (SSSR count). The minimum Gasteiger partial charge on any atom is -0.310 e. The van der Waals surface area contributed by atoms with E-state index in [0.29, 0.717) is 5.92 Å². The molecule has 2 heteroatoms. The number of nitrogens with zero attached hydrogens (tertiary/aromatic N) is 1. The van der Waals surface area contributed by atoms with E-state index in [1.54, 1.807) is 0 Å². The Hall–Kier alpha value is -2.35. The molecule has 0 radical (unpaired) electrons. The first-order chi connectivity index (χ1) is 10.7. The van der Waals surface area contributed by atoms with Crippen LogP contribution in [-0.2, 0) is 7.05 Å². The van der Waals surface area contributed by atoms with Crippen LogP contribution in [0, 0.1) is 6.92 Å². The molecule has 1 aliphatic carbocycles. The number of fused-ring (bicyclic) bond motifs is 1. The van der Waals surface area contributed by atoms with Gasteiger partial charge in [0.05, 0.1) is 5.69 Å². The van der Waals surface area contributed by atoms with E-state index in [1.165, 1.54) is 24.0 Å². The Morgan fingerprint density at radius 2 is 1.73 bits per heavy atom. The lowest BCUT2D eigenvalue weighted by Crippen LogP contribution is -2.20. The summed E-state index contributed by atoms with van der Waals surface area (Å²) in [6.45, 7) is 2.10. The third-order valence-corrected chi connectivity index (χ3v) is 4.62. The van der Waals surface area contributed by atoms with Gasteiger partial charge < -0.3 is 4.57 Å². The van der Waals surface area contributed by atoms with Crippen molar-refractivity contribution in [2.45, 2.75) is 25.7 Å². The number of aromatic nitrogens is 1. The molecule has 1 saturated carbocycles. The number of hydrogen-bond acceptors (Lipinski definition) is 1. The Balaban J connectivity index is 2.15. The molecular weight excluding hydrogens is 270 g/mol. The van der Waals surface area contributed by atoms with Gasteiger partial charge >= 0.3 is 0 Å². The molecule has 0 saturated heterocycles. The van der Waals surface area contributed by atoms with Gasteiger partial charge in [-0.05, 0) is 54.3 Å². The van der Waals surface area contributed by atoms with Gasteiger partial charge in [-0.3, -0.25) is 4.79 Å². The van der Waals surface area contributed by atoms with Gasteiger partial charge in [0.2, 0.25) is 0 Å². The van der Waals surface area contributed by atoms with Gasteiger partial charge in [0.25, 0.3) is 5.56 Å². The van der Waals surface area contributed by atoms with Gasteiger partial charge in [-0.15, -0.1) is 0 Å². The van der Waals surface area contributed by atoms with E-state index in [4.69, 9.17) is 0 Å². The normalized spacial score (nSPS) is 14.5. The quantitative estimate of drug-likeness (QED) is 0.685. The van der Waals surface area contributed by atoms with E-state index in [1.807, 2.05) is 29.8 Å². The molecule has 110 valence electrons. The fraction of sp³-hybridized carbons (Fsp3) is 0.250. The van der Waals surface area contributed by atoms with E-state index in [9.17, 15) is 4.79 Å². The average molecular weight is 289 g/mol. The van der Waals surface area contributed by atoms with Crippen LogP contribution in [0.15, 0.2) is 53.3 Å². The summed E-state index contributed by atoms with van der Waals surface area (Å²) in [5.41, 5.74) is 4.90. The zero-order valence-corrected chi connectivity index (χ0v) is 13.0. The molecule has 1 aromatic heterocycles. The van der Waals surface area contributed by atoms with Crippen LogP contribution in [-0.4, -0.2) is 4.57 Å². The van der Waals surface area contributed by atoms with Gasteiger partial charge in [-0.25, -0.2) is 0 Å². The van der Waals surface area contributed by atoms with Gasteiger partial charge in [-0.2, -0.15) is 0 Å². The van der Waals surface area contributed by atoms with Crippen LogP contribution in [0.3, 0.4) is 0 Å². The molecule has 0 bridgehead atoms. The number of pyridine rings is 1. The second-order valence-electron chi connectivity index (χ2n) is 6.32. The minimum atomic E-state index is 0.0940. The maximum absolute atomic E-state index is 12.8. The van der Waals surface area contributed by atoms with Gasteiger partial charge in [0.15, 0.2) is 0 Å². The predicted molar refractivity (Wildman–Crippen MR) is 91.3 cm³/mol. The number of rotatable bonds is 2. The van der Waals surface area contributed by atoms with Crippen LogP contribution in [0.1, 0.15) is 29.9 Å². The predicted octanol–water partition coefficient (Wildman–Crippen LogP) is 4.39. The molecule has 0 atom stereocenters. The Kier molecular flexibility index (Phi) is 2.93. The maximum Gasteiger partial charge on any atom is 0.258 e. The standard InChI is InChI=1S/C20H19NO/c1-13-6-5-7-15(12-13)19-18(14-10-11-14)16-8-3-4-9-17(16)20(22)21(19)2/h3-9,12,14H,10-11H2,1-2H3. The third-order valence-electron chi connectivity index (χ3n) is 4.62. The molecule has 2 aromatic carbocycles. The fourth-order valence-corrected chi connectivity index (χ4v) is 3.42. The summed E-state index contributed by atoms with van der Waals surface area (Å²) in [6.07, 6.45) is 2.45. The van der Waals surface area contributed by atoms with Crippen molar-refractivity contribution < 1.29 is 0 Å². The van der Waals surface area contributed by atoms with Crippen molar-refractivity contribution in [1.82, 2.24) is 4.57 Å². The van der Waals surface area contributed by atoms with Gasteiger partial charge in [-0.1, -0.05) is 42.0 Å². The van der Waals surface area contributed by atoms with Crippen LogP contribution in [0.5, 0.6) is 0 Å². The summed E-state index contributed by atoms with van der Waals surface area (Å²) in [5, 5.41) is 1.97. The van der Waals surface area contributed by atoms with E-state index >= 15 is 0 Å². The van der Waals surface area contributed by atoms with Crippen molar-refractivity contribution >= 4 is 10.8 Å². The molecule has 0 unspecified atom stereocenters. The van der Waals surface area contributed by atoms with Crippen LogP contribution >= 0.6 is 0 Å². The molecule has 1 fully saturated rings. The van der Waals surface area contributed by atoms with Crippen molar-refractivity contribution in [2.75, 3.05) is 0 Å². The lowest BCUT2D eigenvalue weighted by Gasteiger charge is -2.17. The largest absolute Gasteiger partial charge is 0.310 e. The van der Waals surface area contributed by atoms with Crippen molar-refractivity contribution in [1.29, 1.82) is 0 Å². The molecule has 2 nitrogen and oxygen atoms in total. The first-order valence-electron chi connectivity index (χ1n) is 7.85. The fourth-order valence-electron chi connectivity index (χ4n) is 3.42. The van der Waals surface area contributed by atoms with E-state index in [2.05, 4.69) is 37.3 Å². The summed E-state index contributed by atoms with van der Waals surface area (Å²) in [5.74, 6) is 0.590. The van der Waals surface area contributed by atoms with Crippen molar-refractivity contribution in [2.24, 2.45) is 7.05 Å². The molecule has 0 amide bonds. The van der Waals surface area contributed by atoms with Crippen molar-refractivity contribution in [3.05, 3.63) is 70.0 Å². The molecule has 0 aliphatic heterocycles. The molecule has 22 heavy (non-hydrogen) atoms. The summed E-state index contributed by atoms with van der Waals surface area (Å²) in [7, 11) is 1.90. The molecule has 3 aromatic rings. The van der Waals surface area contributed by atoms with Gasteiger partial charge in [0.1, 0.15) is 0 Å². The van der Waals surface area contributed by atoms with E-state index < -0.39 is 0 Å². The number of aryl methyl sites for hydroxylation is 1. The van der Waals surface area contributed by atoms with Crippen molar-refractivity contribution in [3.8, 4) is 11.3 Å². The molecule has 0 N–H and O–H groups in total. The lowest BCUT2D eigenvalue weighted by molar-refractivity contribution is 0.866. The highest BCUT2D eigenvalue weighted by Crippen LogP contribution is 2.46. The van der Waals surface area contributed by atoms with Crippen molar-refractivity contribution in [3.63, 3.8) is 0 Å². The van der Waals surface area contributed by atoms with Crippen LogP contribution < -0.4 is 5.56 Å². The Bertz CT molecular complexity index is 932.